The van der Waals surface area contributed by atoms with Gasteiger partial charge in [0.2, 0.25) is 5.95 Å². The number of rotatable bonds is 4. The van der Waals surface area contributed by atoms with Crippen molar-refractivity contribution in [3.8, 4) is 5.82 Å². The molecular formula is C14H17N7. The van der Waals surface area contributed by atoms with Crippen LogP contribution in [0.5, 0.6) is 0 Å². The van der Waals surface area contributed by atoms with E-state index >= 15 is 0 Å². The van der Waals surface area contributed by atoms with Crippen LogP contribution in [0.15, 0.2) is 24.3 Å². The fourth-order valence-electron chi connectivity index (χ4n) is 2.23. The van der Waals surface area contributed by atoms with Crippen molar-refractivity contribution in [2.45, 2.75) is 26.7 Å². The number of nitrogen functional groups attached to an aromatic ring is 1. The van der Waals surface area contributed by atoms with Crippen LogP contribution in [0.4, 0.5) is 5.95 Å². The lowest BCUT2D eigenvalue weighted by molar-refractivity contribution is 0.773. The Morgan fingerprint density at radius 1 is 1.10 bits per heavy atom. The van der Waals surface area contributed by atoms with E-state index in [1.807, 2.05) is 38.1 Å². The predicted octanol–water partition coefficient (Wildman–Crippen LogP) is 1.62. The maximum absolute atomic E-state index is 5.47. The van der Waals surface area contributed by atoms with Gasteiger partial charge in [0, 0.05) is 18.2 Å². The SMILES string of the molecule is CCc1nc(CC)n(-c2nc(NN)nc3ccccc23)n1. The van der Waals surface area contributed by atoms with Gasteiger partial charge in [-0.25, -0.2) is 15.8 Å². The molecule has 0 saturated carbocycles. The Morgan fingerprint density at radius 2 is 1.90 bits per heavy atom. The van der Waals surface area contributed by atoms with Crippen molar-refractivity contribution in [2.24, 2.45) is 5.84 Å². The molecule has 3 N–H and O–H groups in total. The Balaban J connectivity index is 2.30. The third-order valence-corrected chi connectivity index (χ3v) is 3.26. The molecule has 7 heteroatoms. The zero-order valence-electron chi connectivity index (χ0n) is 12.0. The average molecular weight is 283 g/mol. The standard InChI is InChI=1S/C14H17N7/c1-3-11-17-12(4-2)21(20-11)13-9-7-5-6-8-10(9)16-14(18-13)19-15/h5-8H,3-4,15H2,1-2H3,(H,16,18,19). The Kier molecular flexibility index (Phi) is 3.49. The van der Waals surface area contributed by atoms with Crippen molar-refractivity contribution in [1.82, 2.24) is 24.7 Å². The Bertz CT molecular complexity index is 778. The molecule has 7 nitrogen and oxygen atoms in total. The number of hydrogen-bond acceptors (Lipinski definition) is 6. The maximum Gasteiger partial charge on any atom is 0.239 e. The van der Waals surface area contributed by atoms with Crippen LogP contribution in [-0.2, 0) is 12.8 Å². The highest BCUT2D eigenvalue weighted by atomic mass is 15.4. The summed E-state index contributed by atoms with van der Waals surface area (Å²) in [5.74, 6) is 8.20. The number of nitrogens with two attached hydrogens (primary N) is 1. The van der Waals surface area contributed by atoms with Gasteiger partial charge in [-0.15, -0.1) is 5.10 Å². The van der Waals surface area contributed by atoms with Gasteiger partial charge in [-0.05, 0) is 12.1 Å². The van der Waals surface area contributed by atoms with E-state index in [4.69, 9.17) is 5.84 Å². The molecule has 0 amide bonds. The first kappa shape index (κ1) is 13.4. The highest BCUT2D eigenvalue weighted by Gasteiger charge is 2.15. The molecular weight excluding hydrogens is 266 g/mol. The smallest absolute Gasteiger partial charge is 0.239 e. The van der Waals surface area contributed by atoms with Crippen molar-refractivity contribution in [3.05, 3.63) is 35.9 Å². The summed E-state index contributed by atoms with van der Waals surface area (Å²) >= 11 is 0. The third kappa shape index (κ3) is 2.31. The second-order valence-electron chi connectivity index (χ2n) is 4.60. The predicted molar refractivity (Wildman–Crippen MR) is 81.0 cm³/mol. The molecule has 0 spiro atoms. The molecule has 2 aromatic heterocycles. The molecule has 3 rings (SSSR count). The summed E-state index contributed by atoms with van der Waals surface area (Å²) in [5.41, 5.74) is 3.31. The van der Waals surface area contributed by atoms with Crippen molar-refractivity contribution < 1.29 is 0 Å². The quantitative estimate of drug-likeness (QED) is 0.558. The second kappa shape index (κ2) is 5.45. The van der Waals surface area contributed by atoms with E-state index in [1.165, 1.54) is 0 Å². The first-order valence-electron chi connectivity index (χ1n) is 6.95. The van der Waals surface area contributed by atoms with Gasteiger partial charge in [-0.1, -0.05) is 26.0 Å². The number of hydrazine groups is 1. The molecule has 0 aliphatic carbocycles. The van der Waals surface area contributed by atoms with Gasteiger partial charge in [-0.2, -0.15) is 9.67 Å². The van der Waals surface area contributed by atoms with Crippen molar-refractivity contribution in [2.75, 3.05) is 5.43 Å². The number of aryl methyl sites for hydroxylation is 2. The monoisotopic (exact) mass is 283 g/mol. The number of anilines is 1. The fraction of sp³-hybridized carbons (Fsp3) is 0.286. The maximum atomic E-state index is 5.47. The number of hydrogen-bond donors (Lipinski definition) is 2. The van der Waals surface area contributed by atoms with Gasteiger partial charge in [0.25, 0.3) is 0 Å². The van der Waals surface area contributed by atoms with Crippen LogP contribution in [0, 0.1) is 0 Å². The zero-order valence-corrected chi connectivity index (χ0v) is 12.0. The van der Waals surface area contributed by atoms with Gasteiger partial charge in [0.05, 0.1) is 5.52 Å². The van der Waals surface area contributed by atoms with Crippen LogP contribution in [0.25, 0.3) is 16.7 Å². The van der Waals surface area contributed by atoms with E-state index in [-0.39, 0.29) is 0 Å². The summed E-state index contributed by atoms with van der Waals surface area (Å²) in [4.78, 5) is 13.3. The summed E-state index contributed by atoms with van der Waals surface area (Å²) in [6.45, 7) is 4.08. The largest absolute Gasteiger partial charge is 0.292 e. The Morgan fingerprint density at radius 3 is 2.62 bits per heavy atom. The number of nitrogens with zero attached hydrogens (tertiary/aromatic N) is 5. The molecule has 21 heavy (non-hydrogen) atoms. The lowest BCUT2D eigenvalue weighted by Gasteiger charge is -2.09. The van der Waals surface area contributed by atoms with E-state index < -0.39 is 0 Å². The van der Waals surface area contributed by atoms with Crippen molar-refractivity contribution >= 4 is 16.9 Å². The molecule has 0 aliphatic heterocycles. The minimum Gasteiger partial charge on any atom is -0.292 e. The molecule has 2 heterocycles. The van der Waals surface area contributed by atoms with Gasteiger partial charge in [-0.3, -0.25) is 5.43 Å². The minimum absolute atomic E-state index is 0.360. The summed E-state index contributed by atoms with van der Waals surface area (Å²) < 4.78 is 1.78. The molecule has 0 unspecified atom stereocenters. The van der Waals surface area contributed by atoms with Crippen molar-refractivity contribution in [3.63, 3.8) is 0 Å². The number of aromatic nitrogens is 5. The van der Waals surface area contributed by atoms with E-state index in [0.717, 1.165) is 35.4 Å². The minimum atomic E-state index is 0.360. The van der Waals surface area contributed by atoms with Gasteiger partial charge in [0.1, 0.15) is 5.82 Å². The fourth-order valence-corrected chi connectivity index (χ4v) is 2.23. The number of nitrogens with one attached hydrogen (secondary N) is 1. The second-order valence-corrected chi connectivity index (χ2v) is 4.60. The van der Waals surface area contributed by atoms with E-state index in [9.17, 15) is 0 Å². The van der Waals surface area contributed by atoms with Crippen LogP contribution >= 0.6 is 0 Å². The molecule has 0 radical (unpaired) electrons. The van der Waals surface area contributed by atoms with Crippen molar-refractivity contribution in [1.29, 1.82) is 0 Å². The lowest BCUT2D eigenvalue weighted by Crippen LogP contribution is -2.14. The normalized spacial score (nSPS) is 11.0. The van der Waals surface area contributed by atoms with Crippen LogP contribution in [0.1, 0.15) is 25.5 Å². The van der Waals surface area contributed by atoms with E-state index in [1.54, 1.807) is 4.68 Å². The van der Waals surface area contributed by atoms with Crippen LogP contribution in [0.2, 0.25) is 0 Å². The number of fused-ring (bicyclic) bond motifs is 1. The van der Waals surface area contributed by atoms with E-state index in [0.29, 0.717) is 11.8 Å². The molecule has 3 aromatic rings. The average Bonchev–Trinajstić information content (AvgIpc) is 2.97. The van der Waals surface area contributed by atoms with Gasteiger partial charge in [0.15, 0.2) is 11.6 Å². The molecule has 0 atom stereocenters. The first-order chi connectivity index (χ1) is 10.3. The molecule has 0 fully saturated rings. The molecule has 0 bridgehead atoms. The number of benzene rings is 1. The summed E-state index contributed by atoms with van der Waals surface area (Å²) in [6, 6.07) is 7.77. The molecule has 1 aromatic carbocycles. The first-order valence-corrected chi connectivity index (χ1v) is 6.95. The van der Waals surface area contributed by atoms with Crippen LogP contribution in [-0.4, -0.2) is 24.7 Å². The van der Waals surface area contributed by atoms with Gasteiger partial charge < -0.3 is 0 Å². The summed E-state index contributed by atoms with van der Waals surface area (Å²) in [7, 11) is 0. The van der Waals surface area contributed by atoms with E-state index in [2.05, 4.69) is 25.5 Å². The van der Waals surface area contributed by atoms with Crippen LogP contribution < -0.4 is 11.3 Å². The highest BCUT2D eigenvalue weighted by molar-refractivity contribution is 5.86. The molecule has 0 saturated heterocycles. The summed E-state index contributed by atoms with van der Waals surface area (Å²) in [5, 5.41) is 5.46. The van der Waals surface area contributed by atoms with Gasteiger partial charge >= 0.3 is 0 Å². The lowest BCUT2D eigenvalue weighted by atomic mass is 10.2. The molecule has 0 aliphatic rings. The highest BCUT2D eigenvalue weighted by Crippen LogP contribution is 2.21. The topological polar surface area (TPSA) is 94.5 Å². The third-order valence-electron chi connectivity index (χ3n) is 3.26. The van der Waals surface area contributed by atoms with Crippen LogP contribution in [0.3, 0.4) is 0 Å². The number of para-hydroxylation sites is 1. The summed E-state index contributed by atoms with van der Waals surface area (Å²) in [6.07, 6.45) is 1.56. The molecule has 108 valence electrons. The Hall–Kier alpha value is -2.54. The Labute approximate surface area is 122 Å². The zero-order chi connectivity index (χ0) is 14.8.